The Morgan fingerprint density at radius 1 is 1.32 bits per heavy atom. The highest BCUT2D eigenvalue weighted by atomic mass is 32.2. The van der Waals surface area contributed by atoms with Crippen LogP contribution in [0.3, 0.4) is 0 Å². The van der Waals surface area contributed by atoms with E-state index in [0.717, 1.165) is 28.5 Å². The minimum Gasteiger partial charge on any atom is -0.390 e. The van der Waals surface area contributed by atoms with E-state index in [9.17, 15) is 9.50 Å². The molecule has 0 fully saturated rings. The van der Waals surface area contributed by atoms with Crippen LogP contribution in [0.2, 0.25) is 0 Å². The molecule has 0 unspecified atom stereocenters. The maximum atomic E-state index is 12.9. The number of benzene rings is 1. The van der Waals surface area contributed by atoms with E-state index in [-0.39, 0.29) is 12.4 Å². The number of aliphatic hydroxyl groups excluding tert-OH is 1. The highest BCUT2D eigenvalue weighted by Gasteiger charge is 2.14. The Labute approximate surface area is 116 Å². The third-order valence-electron chi connectivity index (χ3n) is 2.84. The fraction of sp³-hybridized carbons (Fsp3) is 0.357. The fourth-order valence-electron chi connectivity index (χ4n) is 1.88. The van der Waals surface area contributed by atoms with Crippen molar-refractivity contribution in [2.75, 3.05) is 0 Å². The van der Waals surface area contributed by atoms with E-state index in [0.29, 0.717) is 5.69 Å². The molecule has 0 atom stereocenters. The smallest absolute Gasteiger partial charge is 0.123 e. The van der Waals surface area contributed by atoms with Crippen LogP contribution in [0.15, 0.2) is 34.1 Å². The van der Waals surface area contributed by atoms with Crippen LogP contribution in [-0.2, 0) is 13.2 Å². The van der Waals surface area contributed by atoms with Gasteiger partial charge in [-0.15, -0.1) is 0 Å². The van der Waals surface area contributed by atoms with E-state index in [4.69, 9.17) is 0 Å². The lowest BCUT2D eigenvalue weighted by atomic mass is 10.3. The fourth-order valence-corrected chi connectivity index (χ4v) is 2.86. The average molecular weight is 280 g/mol. The molecule has 0 aliphatic rings. The number of rotatable bonds is 5. The van der Waals surface area contributed by atoms with E-state index in [1.54, 1.807) is 12.1 Å². The number of halogens is 1. The van der Waals surface area contributed by atoms with Gasteiger partial charge in [-0.25, -0.2) is 4.39 Å². The Morgan fingerprint density at radius 2 is 2.00 bits per heavy atom. The van der Waals surface area contributed by atoms with Gasteiger partial charge in [0.2, 0.25) is 0 Å². The molecule has 2 rings (SSSR count). The molecule has 0 saturated carbocycles. The largest absolute Gasteiger partial charge is 0.390 e. The average Bonchev–Trinajstić information content (AvgIpc) is 2.70. The lowest BCUT2D eigenvalue weighted by Gasteiger charge is -2.04. The van der Waals surface area contributed by atoms with Crippen molar-refractivity contribution < 1.29 is 9.50 Å². The SMILES string of the molecule is CCCn1nc(CO)c(Sc2ccc(F)cc2)c1C. The highest BCUT2D eigenvalue weighted by molar-refractivity contribution is 7.99. The van der Waals surface area contributed by atoms with Crippen LogP contribution in [0.25, 0.3) is 0 Å². The van der Waals surface area contributed by atoms with Gasteiger partial charge in [0.25, 0.3) is 0 Å². The molecule has 19 heavy (non-hydrogen) atoms. The van der Waals surface area contributed by atoms with Gasteiger partial charge in [-0.05, 0) is 37.6 Å². The third kappa shape index (κ3) is 3.16. The monoisotopic (exact) mass is 280 g/mol. The van der Waals surface area contributed by atoms with Crippen molar-refractivity contribution in [1.82, 2.24) is 9.78 Å². The maximum Gasteiger partial charge on any atom is 0.123 e. The van der Waals surface area contributed by atoms with Gasteiger partial charge in [0.1, 0.15) is 11.5 Å². The van der Waals surface area contributed by atoms with E-state index >= 15 is 0 Å². The summed E-state index contributed by atoms with van der Waals surface area (Å²) in [6.45, 7) is 4.84. The quantitative estimate of drug-likeness (QED) is 0.912. The molecular weight excluding hydrogens is 263 g/mol. The molecule has 2 aromatic rings. The number of aromatic nitrogens is 2. The molecule has 5 heteroatoms. The van der Waals surface area contributed by atoms with Gasteiger partial charge in [0.05, 0.1) is 11.5 Å². The summed E-state index contributed by atoms with van der Waals surface area (Å²) in [5.41, 5.74) is 1.72. The summed E-state index contributed by atoms with van der Waals surface area (Å²) in [6.07, 6.45) is 0.994. The summed E-state index contributed by atoms with van der Waals surface area (Å²) >= 11 is 1.51. The standard InChI is InChI=1S/C14H17FN2OS/c1-3-8-17-10(2)14(13(9-18)16-17)19-12-6-4-11(15)5-7-12/h4-7,18H,3,8-9H2,1-2H3. The van der Waals surface area contributed by atoms with Crippen LogP contribution >= 0.6 is 11.8 Å². The van der Waals surface area contributed by atoms with E-state index in [2.05, 4.69) is 12.0 Å². The number of hydrogen-bond acceptors (Lipinski definition) is 3. The predicted molar refractivity (Wildman–Crippen MR) is 73.7 cm³/mol. The zero-order chi connectivity index (χ0) is 13.8. The van der Waals surface area contributed by atoms with Crippen LogP contribution in [0.5, 0.6) is 0 Å². The van der Waals surface area contributed by atoms with Gasteiger partial charge < -0.3 is 5.11 Å². The first-order chi connectivity index (χ1) is 9.15. The molecule has 1 aromatic carbocycles. The minimum absolute atomic E-state index is 0.0823. The number of aryl methyl sites for hydroxylation is 1. The first-order valence-corrected chi connectivity index (χ1v) is 7.08. The minimum atomic E-state index is -0.245. The molecule has 0 amide bonds. The van der Waals surface area contributed by atoms with Crippen LogP contribution in [0.1, 0.15) is 24.7 Å². The maximum absolute atomic E-state index is 12.9. The molecule has 0 radical (unpaired) electrons. The van der Waals surface area contributed by atoms with Crippen LogP contribution in [-0.4, -0.2) is 14.9 Å². The molecule has 3 nitrogen and oxygen atoms in total. The Bertz CT molecular complexity index is 551. The summed E-state index contributed by atoms with van der Waals surface area (Å²) in [5.74, 6) is -0.245. The van der Waals surface area contributed by atoms with Crippen molar-refractivity contribution >= 4 is 11.8 Å². The van der Waals surface area contributed by atoms with Crippen molar-refractivity contribution in [3.63, 3.8) is 0 Å². The molecular formula is C14H17FN2OS. The summed E-state index contributed by atoms with van der Waals surface area (Å²) in [4.78, 5) is 1.90. The lowest BCUT2D eigenvalue weighted by Crippen LogP contribution is -2.01. The Balaban J connectivity index is 2.30. The molecule has 0 spiro atoms. The topological polar surface area (TPSA) is 38.0 Å². The van der Waals surface area contributed by atoms with Gasteiger partial charge >= 0.3 is 0 Å². The van der Waals surface area contributed by atoms with Crippen molar-refractivity contribution in [2.24, 2.45) is 0 Å². The Hall–Kier alpha value is -1.33. The van der Waals surface area contributed by atoms with Gasteiger partial charge in [-0.3, -0.25) is 4.68 Å². The Kier molecular flexibility index (Phi) is 4.61. The van der Waals surface area contributed by atoms with E-state index in [1.165, 1.54) is 23.9 Å². The number of aliphatic hydroxyl groups is 1. The first-order valence-electron chi connectivity index (χ1n) is 6.26. The normalized spacial score (nSPS) is 10.9. The van der Waals surface area contributed by atoms with Crippen LogP contribution < -0.4 is 0 Å². The van der Waals surface area contributed by atoms with E-state index < -0.39 is 0 Å². The predicted octanol–water partition coefficient (Wildman–Crippen LogP) is 3.38. The number of hydrogen-bond donors (Lipinski definition) is 1. The second-order valence-electron chi connectivity index (χ2n) is 4.30. The highest BCUT2D eigenvalue weighted by Crippen LogP contribution is 2.33. The van der Waals surface area contributed by atoms with Crippen LogP contribution in [0, 0.1) is 12.7 Å². The van der Waals surface area contributed by atoms with Crippen molar-refractivity contribution in [3.8, 4) is 0 Å². The van der Waals surface area contributed by atoms with Gasteiger partial charge in [0.15, 0.2) is 0 Å². The van der Waals surface area contributed by atoms with Crippen molar-refractivity contribution in [1.29, 1.82) is 0 Å². The zero-order valence-corrected chi connectivity index (χ0v) is 11.9. The van der Waals surface area contributed by atoms with Crippen molar-refractivity contribution in [3.05, 3.63) is 41.5 Å². The Morgan fingerprint density at radius 3 is 2.58 bits per heavy atom. The molecule has 0 aliphatic carbocycles. The second-order valence-corrected chi connectivity index (χ2v) is 5.38. The first kappa shape index (κ1) is 14.1. The second kappa shape index (κ2) is 6.21. The van der Waals surface area contributed by atoms with E-state index in [1.807, 2.05) is 11.6 Å². The zero-order valence-electron chi connectivity index (χ0n) is 11.1. The molecule has 0 bridgehead atoms. The number of nitrogens with zero attached hydrogens (tertiary/aromatic N) is 2. The van der Waals surface area contributed by atoms with Gasteiger partial charge in [-0.2, -0.15) is 5.10 Å². The summed E-state index contributed by atoms with van der Waals surface area (Å²) in [5, 5.41) is 13.8. The molecule has 102 valence electrons. The molecule has 1 aromatic heterocycles. The van der Waals surface area contributed by atoms with Crippen molar-refractivity contribution in [2.45, 2.75) is 43.2 Å². The summed E-state index contributed by atoms with van der Waals surface area (Å²) < 4.78 is 14.8. The summed E-state index contributed by atoms with van der Waals surface area (Å²) in [6, 6.07) is 6.34. The summed E-state index contributed by atoms with van der Waals surface area (Å²) in [7, 11) is 0. The molecule has 1 N–H and O–H groups in total. The van der Waals surface area contributed by atoms with Crippen LogP contribution in [0.4, 0.5) is 4.39 Å². The lowest BCUT2D eigenvalue weighted by molar-refractivity contribution is 0.272. The molecule has 0 aliphatic heterocycles. The van der Waals surface area contributed by atoms with Gasteiger partial charge in [0, 0.05) is 17.1 Å². The van der Waals surface area contributed by atoms with Gasteiger partial charge in [-0.1, -0.05) is 18.7 Å². The molecule has 0 saturated heterocycles. The molecule has 1 heterocycles. The third-order valence-corrected chi connectivity index (χ3v) is 4.08.